The highest BCUT2D eigenvalue weighted by molar-refractivity contribution is 5.77. The van der Waals surface area contributed by atoms with Gasteiger partial charge < -0.3 is 16.2 Å². The SMILES string of the molecule is N[C@@H]1CC(=O)N[C@H](CO)C1. The minimum Gasteiger partial charge on any atom is -0.394 e. The van der Waals surface area contributed by atoms with Crippen LogP contribution in [-0.4, -0.2) is 29.7 Å². The summed E-state index contributed by atoms with van der Waals surface area (Å²) in [7, 11) is 0. The van der Waals surface area contributed by atoms with Crippen LogP contribution in [0.5, 0.6) is 0 Å². The lowest BCUT2D eigenvalue weighted by molar-refractivity contribution is -0.124. The van der Waals surface area contributed by atoms with Crippen LogP contribution in [-0.2, 0) is 4.79 Å². The Morgan fingerprint density at radius 2 is 2.50 bits per heavy atom. The summed E-state index contributed by atoms with van der Waals surface area (Å²) in [6.07, 6.45) is 1.07. The lowest BCUT2D eigenvalue weighted by Crippen LogP contribution is -2.48. The Morgan fingerprint density at radius 1 is 1.80 bits per heavy atom. The van der Waals surface area contributed by atoms with Gasteiger partial charge in [-0.05, 0) is 6.42 Å². The highest BCUT2D eigenvalue weighted by Crippen LogP contribution is 2.05. The molecule has 1 saturated heterocycles. The van der Waals surface area contributed by atoms with Gasteiger partial charge >= 0.3 is 0 Å². The van der Waals surface area contributed by atoms with E-state index in [0.29, 0.717) is 12.8 Å². The normalized spacial score (nSPS) is 33.6. The number of nitrogens with two attached hydrogens (primary N) is 1. The van der Waals surface area contributed by atoms with E-state index in [0.717, 1.165) is 0 Å². The molecule has 1 aliphatic heterocycles. The molecule has 0 bridgehead atoms. The molecule has 1 heterocycles. The Bertz CT molecular complexity index is 138. The van der Waals surface area contributed by atoms with Gasteiger partial charge in [0.25, 0.3) is 0 Å². The number of carbonyl (C=O) groups excluding carboxylic acids is 1. The minimum absolute atomic E-state index is 0.0144. The predicted octanol–water partition coefficient (Wildman–Crippen LogP) is -1.42. The first-order valence-corrected chi connectivity index (χ1v) is 3.38. The van der Waals surface area contributed by atoms with Crippen LogP contribution in [0.25, 0.3) is 0 Å². The van der Waals surface area contributed by atoms with Crippen molar-refractivity contribution < 1.29 is 9.90 Å². The summed E-state index contributed by atoms with van der Waals surface area (Å²) in [4.78, 5) is 10.7. The summed E-state index contributed by atoms with van der Waals surface area (Å²) in [5, 5.41) is 11.3. The maximum Gasteiger partial charge on any atom is 0.221 e. The molecule has 0 unspecified atom stereocenters. The van der Waals surface area contributed by atoms with Gasteiger partial charge in [-0.1, -0.05) is 0 Å². The van der Waals surface area contributed by atoms with Gasteiger partial charge in [-0.25, -0.2) is 0 Å². The Hall–Kier alpha value is -0.610. The molecule has 0 spiro atoms. The van der Waals surface area contributed by atoms with E-state index in [1.807, 2.05) is 0 Å². The minimum atomic E-state index is -0.128. The van der Waals surface area contributed by atoms with Crippen molar-refractivity contribution in [3.05, 3.63) is 0 Å². The van der Waals surface area contributed by atoms with Gasteiger partial charge in [-0.2, -0.15) is 0 Å². The molecule has 1 aliphatic rings. The van der Waals surface area contributed by atoms with E-state index in [2.05, 4.69) is 5.32 Å². The second-order valence-electron chi connectivity index (χ2n) is 2.65. The highest BCUT2D eigenvalue weighted by atomic mass is 16.3. The maximum atomic E-state index is 10.7. The zero-order valence-corrected chi connectivity index (χ0v) is 5.71. The standard InChI is InChI=1S/C6H12N2O2/c7-4-1-5(3-9)8-6(10)2-4/h4-5,9H,1-3,7H2,(H,8,10)/t4-,5-/m0/s1. The quantitative estimate of drug-likeness (QED) is 0.423. The molecule has 0 saturated carbocycles. The Balaban J connectivity index is 2.42. The van der Waals surface area contributed by atoms with Crippen molar-refractivity contribution >= 4 is 5.91 Å². The molecule has 0 aromatic heterocycles. The highest BCUT2D eigenvalue weighted by Gasteiger charge is 2.22. The number of carbonyl (C=O) groups is 1. The van der Waals surface area contributed by atoms with Gasteiger partial charge in [-0.3, -0.25) is 4.79 Å². The molecule has 1 rings (SSSR count). The Morgan fingerprint density at radius 3 is 3.00 bits per heavy atom. The summed E-state index contributed by atoms with van der Waals surface area (Å²) in [6, 6.07) is -0.206. The molecule has 1 fully saturated rings. The molecule has 0 aromatic rings. The van der Waals surface area contributed by atoms with Crippen LogP contribution in [0.15, 0.2) is 0 Å². The summed E-state index contributed by atoms with van der Waals surface area (Å²) >= 11 is 0. The van der Waals surface area contributed by atoms with Gasteiger partial charge in [0.2, 0.25) is 5.91 Å². The van der Waals surface area contributed by atoms with Crippen LogP contribution in [0.3, 0.4) is 0 Å². The third-order valence-electron chi connectivity index (χ3n) is 1.62. The summed E-state index contributed by atoms with van der Waals surface area (Å²) in [6.45, 7) is -0.0144. The number of amides is 1. The average Bonchev–Trinajstić information content (AvgIpc) is 1.85. The van der Waals surface area contributed by atoms with Crippen LogP contribution in [0.4, 0.5) is 0 Å². The smallest absolute Gasteiger partial charge is 0.221 e. The summed E-state index contributed by atoms with van der Waals surface area (Å²) < 4.78 is 0. The number of rotatable bonds is 1. The number of nitrogens with one attached hydrogen (secondary N) is 1. The number of aliphatic hydroxyl groups excluding tert-OH is 1. The van der Waals surface area contributed by atoms with E-state index in [1.54, 1.807) is 0 Å². The van der Waals surface area contributed by atoms with Crippen LogP contribution >= 0.6 is 0 Å². The Kier molecular flexibility index (Phi) is 2.24. The topological polar surface area (TPSA) is 75.4 Å². The predicted molar refractivity (Wildman–Crippen MR) is 36.2 cm³/mol. The number of piperidine rings is 1. The molecule has 0 aliphatic carbocycles. The van der Waals surface area contributed by atoms with Crippen LogP contribution in [0.2, 0.25) is 0 Å². The third kappa shape index (κ3) is 1.68. The van der Waals surface area contributed by atoms with Crippen molar-refractivity contribution in [3.63, 3.8) is 0 Å². The fourth-order valence-electron chi connectivity index (χ4n) is 1.15. The van der Waals surface area contributed by atoms with Crippen LogP contribution < -0.4 is 11.1 Å². The zero-order valence-electron chi connectivity index (χ0n) is 5.71. The lowest BCUT2D eigenvalue weighted by Gasteiger charge is -2.25. The van der Waals surface area contributed by atoms with Crippen molar-refractivity contribution in [2.75, 3.05) is 6.61 Å². The van der Waals surface area contributed by atoms with Crippen molar-refractivity contribution in [2.24, 2.45) is 5.73 Å². The van der Waals surface area contributed by atoms with E-state index in [4.69, 9.17) is 10.8 Å². The van der Waals surface area contributed by atoms with E-state index in [1.165, 1.54) is 0 Å². The second kappa shape index (κ2) is 2.98. The first-order valence-electron chi connectivity index (χ1n) is 3.38. The van der Waals surface area contributed by atoms with E-state index < -0.39 is 0 Å². The molecule has 4 heteroatoms. The van der Waals surface area contributed by atoms with Crippen LogP contribution in [0, 0.1) is 0 Å². The van der Waals surface area contributed by atoms with Gasteiger partial charge in [0.05, 0.1) is 12.6 Å². The lowest BCUT2D eigenvalue weighted by atomic mass is 10.0. The molecule has 0 aromatic carbocycles. The van der Waals surface area contributed by atoms with Gasteiger partial charge in [0, 0.05) is 12.5 Å². The summed E-state index contributed by atoms with van der Waals surface area (Å²) in [5.74, 6) is -0.0576. The molecule has 4 nitrogen and oxygen atoms in total. The monoisotopic (exact) mass is 144 g/mol. The molecule has 1 amide bonds. The number of hydrogen-bond acceptors (Lipinski definition) is 3. The van der Waals surface area contributed by atoms with Crippen molar-refractivity contribution in [2.45, 2.75) is 24.9 Å². The molecule has 10 heavy (non-hydrogen) atoms. The molecular weight excluding hydrogens is 132 g/mol. The molecule has 2 atom stereocenters. The van der Waals surface area contributed by atoms with Crippen LogP contribution in [0.1, 0.15) is 12.8 Å². The molecule has 58 valence electrons. The molecule has 4 N–H and O–H groups in total. The van der Waals surface area contributed by atoms with E-state index in [9.17, 15) is 4.79 Å². The van der Waals surface area contributed by atoms with Gasteiger partial charge in [0.1, 0.15) is 0 Å². The fraction of sp³-hybridized carbons (Fsp3) is 0.833. The second-order valence-corrected chi connectivity index (χ2v) is 2.65. The van der Waals surface area contributed by atoms with Crippen molar-refractivity contribution in [3.8, 4) is 0 Å². The summed E-state index contributed by atoms with van der Waals surface area (Å²) in [5.41, 5.74) is 5.52. The first-order chi connectivity index (χ1) is 4.72. The van der Waals surface area contributed by atoms with Crippen molar-refractivity contribution in [1.29, 1.82) is 0 Å². The van der Waals surface area contributed by atoms with Gasteiger partial charge in [0.15, 0.2) is 0 Å². The maximum absolute atomic E-state index is 10.7. The largest absolute Gasteiger partial charge is 0.394 e. The van der Waals surface area contributed by atoms with E-state index >= 15 is 0 Å². The average molecular weight is 144 g/mol. The fourth-order valence-corrected chi connectivity index (χ4v) is 1.15. The number of aliphatic hydroxyl groups is 1. The first kappa shape index (κ1) is 7.50. The molecular formula is C6H12N2O2. The van der Waals surface area contributed by atoms with Crippen molar-refractivity contribution in [1.82, 2.24) is 5.32 Å². The number of hydrogen-bond donors (Lipinski definition) is 3. The van der Waals surface area contributed by atoms with E-state index in [-0.39, 0.29) is 24.6 Å². The zero-order chi connectivity index (χ0) is 7.56. The van der Waals surface area contributed by atoms with Gasteiger partial charge in [-0.15, -0.1) is 0 Å². The Labute approximate surface area is 59.4 Å². The molecule has 0 radical (unpaired) electrons. The third-order valence-corrected chi connectivity index (χ3v) is 1.62.